The summed E-state index contributed by atoms with van der Waals surface area (Å²) < 4.78 is 21.9. The van der Waals surface area contributed by atoms with Crippen LogP contribution < -0.4 is 4.89 Å². The van der Waals surface area contributed by atoms with Crippen molar-refractivity contribution in [3.05, 3.63) is 0 Å². The summed E-state index contributed by atoms with van der Waals surface area (Å²) in [6, 6.07) is 0. The quantitative estimate of drug-likeness (QED) is 0.155. The van der Waals surface area contributed by atoms with Crippen LogP contribution in [0.25, 0.3) is 0 Å². The molecule has 6 nitrogen and oxygen atoms in total. The highest BCUT2D eigenvalue weighted by molar-refractivity contribution is 7.45. The van der Waals surface area contributed by atoms with Crippen LogP contribution in [0, 0.1) is 0 Å². The van der Waals surface area contributed by atoms with E-state index in [-0.39, 0.29) is 13.2 Å². The van der Waals surface area contributed by atoms with Gasteiger partial charge in [-0.3, -0.25) is 4.57 Å². The summed E-state index contributed by atoms with van der Waals surface area (Å²) in [5.41, 5.74) is 0. The van der Waals surface area contributed by atoms with Crippen LogP contribution in [0.15, 0.2) is 0 Å². The van der Waals surface area contributed by atoms with Gasteiger partial charge in [0.2, 0.25) is 0 Å². The Bertz CT molecular complexity index is 414. The number of quaternary nitrogens is 1. The van der Waals surface area contributed by atoms with Crippen molar-refractivity contribution in [3.8, 4) is 0 Å². The summed E-state index contributed by atoms with van der Waals surface area (Å²) in [5, 5.41) is 9.90. The molecule has 0 rings (SSSR count). The second-order valence-corrected chi connectivity index (χ2v) is 10.7. The average molecular weight is 438 g/mol. The fourth-order valence-electron chi connectivity index (χ4n) is 3.12. The number of aliphatic hydroxyl groups is 1. The van der Waals surface area contributed by atoms with Crippen LogP contribution in [0.4, 0.5) is 0 Å². The van der Waals surface area contributed by atoms with Crippen molar-refractivity contribution in [2.24, 2.45) is 0 Å². The second-order valence-electron chi connectivity index (χ2n) is 9.28. The molecule has 0 aliphatic rings. The van der Waals surface area contributed by atoms with Gasteiger partial charge >= 0.3 is 0 Å². The Balaban J connectivity index is 3.47. The molecule has 0 bridgehead atoms. The van der Waals surface area contributed by atoms with Gasteiger partial charge in [0.25, 0.3) is 7.82 Å². The van der Waals surface area contributed by atoms with Gasteiger partial charge < -0.3 is 23.5 Å². The van der Waals surface area contributed by atoms with E-state index in [0.717, 1.165) is 12.8 Å². The molecule has 0 radical (unpaired) electrons. The minimum Gasteiger partial charge on any atom is -0.756 e. The monoisotopic (exact) mass is 437 g/mol. The zero-order chi connectivity index (χ0) is 22.0. The number of nitrogens with zero attached hydrogens (tertiary/aromatic N) is 1. The summed E-state index contributed by atoms with van der Waals surface area (Å²) >= 11 is 0. The number of hydrogen-bond donors (Lipinski definition) is 1. The molecular weight excluding hydrogens is 389 g/mol. The number of rotatable bonds is 21. The Hall–Kier alpha value is 0.0300. The highest BCUT2D eigenvalue weighted by Gasteiger charge is 2.15. The minimum atomic E-state index is -4.32. The molecule has 1 N–H and O–H groups in total. The van der Waals surface area contributed by atoms with Crippen LogP contribution in [0.3, 0.4) is 0 Å². The maximum atomic E-state index is 11.7. The van der Waals surface area contributed by atoms with Gasteiger partial charge in [0, 0.05) is 0 Å². The van der Waals surface area contributed by atoms with Crippen LogP contribution >= 0.6 is 7.82 Å². The number of phosphoric acid groups is 1. The maximum absolute atomic E-state index is 11.7. The zero-order valence-corrected chi connectivity index (χ0v) is 20.5. The minimum absolute atomic E-state index is 0.0826. The molecule has 0 saturated carbocycles. The van der Waals surface area contributed by atoms with Gasteiger partial charge in [-0.1, -0.05) is 90.4 Å². The van der Waals surface area contributed by atoms with Crippen molar-refractivity contribution >= 4 is 7.82 Å². The van der Waals surface area contributed by atoms with E-state index in [1.807, 2.05) is 21.1 Å². The average Bonchev–Trinajstić information content (AvgIpc) is 2.62. The van der Waals surface area contributed by atoms with E-state index in [1.54, 1.807) is 0 Å². The van der Waals surface area contributed by atoms with Crippen molar-refractivity contribution in [2.75, 3.05) is 40.9 Å². The third kappa shape index (κ3) is 22.5. The van der Waals surface area contributed by atoms with E-state index in [4.69, 9.17) is 9.05 Å². The van der Waals surface area contributed by atoms with Gasteiger partial charge in [-0.05, 0) is 6.42 Å². The Morgan fingerprint density at radius 3 is 1.72 bits per heavy atom. The lowest BCUT2D eigenvalue weighted by Gasteiger charge is -2.27. The molecule has 2 unspecified atom stereocenters. The molecule has 0 heterocycles. The predicted molar refractivity (Wildman–Crippen MR) is 119 cm³/mol. The standard InChI is InChI=1S/C22H48NO5P/c1-5-6-7-8-9-10-11-12-13-14-15-16-17-18-22(24)21-28-29(25,26)27-20-19-23(2,3)4/h22,24H,5-21H2,1-4H3. The molecule has 0 aromatic carbocycles. The maximum Gasteiger partial charge on any atom is 0.268 e. The largest absolute Gasteiger partial charge is 0.756 e. The fourth-order valence-corrected chi connectivity index (χ4v) is 3.86. The lowest BCUT2D eigenvalue weighted by Crippen LogP contribution is -2.37. The SMILES string of the molecule is CCCCCCCCCCCCCCCC(O)COP(=O)([O-])OCC[N+](C)(C)C. The van der Waals surface area contributed by atoms with Gasteiger partial charge in [-0.15, -0.1) is 0 Å². The van der Waals surface area contributed by atoms with Crippen LogP contribution in [0.1, 0.15) is 96.8 Å². The highest BCUT2D eigenvalue weighted by Crippen LogP contribution is 2.38. The first-order valence-corrected chi connectivity index (χ1v) is 13.2. The van der Waals surface area contributed by atoms with E-state index in [2.05, 4.69) is 6.92 Å². The number of hydrogen-bond acceptors (Lipinski definition) is 5. The van der Waals surface area contributed by atoms with E-state index < -0.39 is 13.9 Å². The smallest absolute Gasteiger partial charge is 0.268 e. The van der Waals surface area contributed by atoms with Gasteiger partial charge in [0.1, 0.15) is 13.2 Å². The van der Waals surface area contributed by atoms with Crippen molar-refractivity contribution in [1.29, 1.82) is 0 Å². The summed E-state index contributed by atoms with van der Waals surface area (Å²) in [5.74, 6) is 0. The van der Waals surface area contributed by atoms with Gasteiger partial charge in [0.05, 0.1) is 33.9 Å². The van der Waals surface area contributed by atoms with Gasteiger partial charge in [-0.25, -0.2) is 0 Å². The van der Waals surface area contributed by atoms with Crippen LogP contribution in [0.2, 0.25) is 0 Å². The second kappa shape index (κ2) is 17.7. The molecule has 0 aliphatic carbocycles. The lowest BCUT2D eigenvalue weighted by atomic mass is 10.0. The Morgan fingerprint density at radius 2 is 1.28 bits per heavy atom. The molecule has 7 heteroatoms. The predicted octanol–water partition coefficient (Wildman–Crippen LogP) is 5.04. The zero-order valence-electron chi connectivity index (χ0n) is 19.6. The van der Waals surface area contributed by atoms with E-state index in [1.165, 1.54) is 70.6 Å². The number of aliphatic hydroxyl groups excluding tert-OH is 1. The molecular formula is C22H48NO5P. The summed E-state index contributed by atoms with van der Waals surface area (Å²) in [7, 11) is 1.55. The normalized spacial score (nSPS) is 15.4. The molecule has 2 atom stereocenters. The molecule has 0 fully saturated rings. The molecule has 0 saturated heterocycles. The molecule has 0 aromatic rings. The summed E-state index contributed by atoms with van der Waals surface area (Å²) in [6.07, 6.45) is 16.4. The first-order valence-electron chi connectivity index (χ1n) is 11.7. The number of unbranched alkanes of at least 4 members (excludes halogenated alkanes) is 12. The van der Waals surface area contributed by atoms with Gasteiger partial charge in [0.15, 0.2) is 0 Å². The van der Waals surface area contributed by atoms with Crippen LogP contribution in [-0.4, -0.2) is 56.6 Å². The molecule has 0 amide bonds. The molecule has 176 valence electrons. The van der Waals surface area contributed by atoms with Crippen molar-refractivity contribution in [1.82, 2.24) is 0 Å². The molecule has 0 aromatic heterocycles. The summed E-state index contributed by atoms with van der Waals surface area (Å²) in [6.45, 7) is 2.68. The van der Waals surface area contributed by atoms with E-state index in [9.17, 15) is 14.6 Å². The number of phosphoric ester groups is 1. The van der Waals surface area contributed by atoms with Gasteiger partial charge in [-0.2, -0.15) is 0 Å². The molecule has 0 aliphatic heterocycles. The van der Waals surface area contributed by atoms with E-state index in [0.29, 0.717) is 17.4 Å². The van der Waals surface area contributed by atoms with Crippen molar-refractivity contribution in [2.45, 2.75) is 103 Å². The highest BCUT2D eigenvalue weighted by atomic mass is 31.2. The lowest BCUT2D eigenvalue weighted by molar-refractivity contribution is -0.870. The Kier molecular flexibility index (Phi) is 17.7. The van der Waals surface area contributed by atoms with Crippen LogP contribution in [-0.2, 0) is 13.6 Å². The van der Waals surface area contributed by atoms with Crippen molar-refractivity contribution < 1.29 is 28.1 Å². The Morgan fingerprint density at radius 1 is 0.828 bits per heavy atom. The molecule has 29 heavy (non-hydrogen) atoms. The summed E-state index contributed by atoms with van der Waals surface area (Å²) in [4.78, 5) is 11.7. The van der Waals surface area contributed by atoms with Crippen LogP contribution in [0.5, 0.6) is 0 Å². The Labute approximate surface area is 180 Å². The number of likely N-dealkylation sites (N-methyl/N-ethyl adjacent to an activating group) is 1. The van der Waals surface area contributed by atoms with Crippen molar-refractivity contribution in [3.63, 3.8) is 0 Å². The molecule has 0 spiro atoms. The first kappa shape index (κ1) is 29.0. The van der Waals surface area contributed by atoms with E-state index >= 15 is 0 Å². The topological polar surface area (TPSA) is 78.8 Å². The first-order chi connectivity index (χ1) is 13.7. The third-order valence-electron chi connectivity index (χ3n) is 5.08. The fraction of sp³-hybridized carbons (Fsp3) is 1.00. The third-order valence-corrected chi connectivity index (χ3v) is 6.04.